The maximum atomic E-state index is 5.94. The number of benzene rings is 1. The van der Waals surface area contributed by atoms with Gasteiger partial charge < -0.3 is 10.1 Å². The third-order valence-electron chi connectivity index (χ3n) is 5.11. The van der Waals surface area contributed by atoms with Crippen LogP contribution in [-0.4, -0.2) is 34.8 Å². The monoisotopic (exact) mass is 338 g/mol. The van der Waals surface area contributed by atoms with Gasteiger partial charge >= 0.3 is 0 Å². The van der Waals surface area contributed by atoms with Gasteiger partial charge in [0.15, 0.2) is 0 Å². The highest BCUT2D eigenvalue weighted by molar-refractivity contribution is 5.60. The summed E-state index contributed by atoms with van der Waals surface area (Å²) < 4.78 is 5.94. The van der Waals surface area contributed by atoms with Crippen LogP contribution in [0.15, 0.2) is 36.7 Å². The Bertz CT molecular complexity index is 752. The van der Waals surface area contributed by atoms with Crippen molar-refractivity contribution in [2.75, 3.05) is 25.0 Å². The van der Waals surface area contributed by atoms with E-state index in [9.17, 15) is 0 Å². The van der Waals surface area contributed by atoms with Gasteiger partial charge in [0.25, 0.3) is 0 Å². The van der Waals surface area contributed by atoms with Crippen molar-refractivity contribution in [2.45, 2.75) is 38.6 Å². The second kappa shape index (κ2) is 7.31. The van der Waals surface area contributed by atoms with E-state index in [1.165, 1.54) is 16.8 Å². The third-order valence-corrected chi connectivity index (χ3v) is 5.11. The molecule has 5 nitrogen and oxygen atoms in total. The van der Waals surface area contributed by atoms with Gasteiger partial charge in [-0.05, 0) is 43.9 Å². The first-order valence-electron chi connectivity index (χ1n) is 9.22. The minimum absolute atomic E-state index is 0.768. The number of H-pyrrole nitrogens is 1. The summed E-state index contributed by atoms with van der Waals surface area (Å²) in [5.74, 6) is 0.946. The first-order chi connectivity index (χ1) is 12.3. The van der Waals surface area contributed by atoms with E-state index in [0.29, 0.717) is 0 Å². The van der Waals surface area contributed by atoms with Gasteiger partial charge in [-0.3, -0.25) is 10.00 Å². The highest BCUT2D eigenvalue weighted by Crippen LogP contribution is 2.29. The quantitative estimate of drug-likeness (QED) is 0.792. The van der Waals surface area contributed by atoms with Gasteiger partial charge in [0, 0.05) is 48.2 Å². The van der Waals surface area contributed by atoms with E-state index in [1.54, 1.807) is 0 Å². The fourth-order valence-electron chi connectivity index (χ4n) is 3.62. The zero-order valence-electron chi connectivity index (χ0n) is 14.7. The summed E-state index contributed by atoms with van der Waals surface area (Å²) in [6, 6.07) is 6.35. The first-order valence-corrected chi connectivity index (χ1v) is 9.22. The summed E-state index contributed by atoms with van der Waals surface area (Å²) in [7, 11) is 0. The summed E-state index contributed by atoms with van der Waals surface area (Å²) >= 11 is 0. The van der Waals surface area contributed by atoms with Crippen molar-refractivity contribution in [3.05, 3.63) is 53.5 Å². The molecule has 0 unspecified atom stereocenters. The van der Waals surface area contributed by atoms with Gasteiger partial charge in [0.1, 0.15) is 5.75 Å². The Hall–Kier alpha value is -2.27. The van der Waals surface area contributed by atoms with Crippen molar-refractivity contribution in [3.8, 4) is 5.75 Å². The lowest BCUT2D eigenvalue weighted by Gasteiger charge is -2.26. The minimum Gasteiger partial charge on any atom is -0.494 e. The Morgan fingerprint density at radius 2 is 2.12 bits per heavy atom. The van der Waals surface area contributed by atoms with Gasteiger partial charge in [0.05, 0.1) is 12.8 Å². The van der Waals surface area contributed by atoms with Gasteiger partial charge in [0.2, 0.25) is 0 Å². The van der Waals surface area contributed by atoms with Gasteiger partial charge in [-0.2, -0.15) is 5.10 Å². The number of hydrogen-bond acceptors (Lipinski definition) is 4. The molecule has 0 saturated carbocycles. The number of aromatic nitrogens is 2. The Kier molecular flexibility index (Phi) is 4.74. The molecule has 0 amide bonds. The smallest absolute Gasteiger partial charge is 0.121 e. The number of nitrogens with zero attached hydrogens (tertiary/aromatic N) is 2. The van der Waals surface area contributed by atoms with E-state index in [0.717, 1.165) is 75.5 Å². The topological polar surface area (TPSA) is 53.2 Å². The molecule has 4 rings (SSSR count). The molecule has 0 aliphatic carbocycles. The number of aromatic amines is 1. The lowest BCUT2D eigenvalue weighted by atomic mass is 10.0. The van der Waals surface area contributed by atoms with Crippen LogP contribution in [0.4, 0.5) is 5.69 Å². The summed E-state index contributed by atoms with van der Waals surface area (Å²) in [5, 5.41) is 10.6. The Morgan fingerprint density at radius 3 is 3.08 bits per heavy atom. The summed E-state index contributed by atoms with van der Waals surface area (Å²) in [4.78, 5) is 2.51. The molecule has 5 heteroatoms. The van der Waals surface area contributed by atoms with Crippen LogP contribution in [0.2, 0.25) is 0 Å². The largest absolute Gasteiger partial charge is 0.494 e. The number of hydrogen-bond donors (Lipinski definition) is 2. The van der Waals surface area contributed by atoms with Crippen molar-refractivity contribution in [1.29, 1.82) is 0 Å². The fraction of sp³-hybridized carbons (Fsp3) is 0.450. The standard InChI is InChI=1S/C20H26N4O/c1-15-4-5-16-6-7-18(12-20(16)22-15)25-11-3-2-9-24-10-8-19-17(14-24)13-21-23-19/h6-7,12-13,22H,1-5,8-11,14H2,(H,21,23). The van der Waals surface area contributed by atoms with E-state index in [2.05, 4.69) is 45.2 Å². The van der Waals surface area contributed by atoms with Crippen molar-refractivity contribution < 1.29 is 4.74 Å². The molecule has 25 heavy (non-hydrogen) atoms. The van der Waals surface area contributed by atoms with Gasteiger partial charge in [-0.15, -0.1) is 0 Å². The molecule has 0 spiro atoms. The second-order valence-electron chi connectivity index (χ2n) is 7.00. The molecule has 132 valence electrons. The van der Waals surface area contributed by atoms with Crippen molar-refractivity contribution in [1.82, 2.24) is 15.1 Å². The Labute approximate surface area is 149 Å². The molecule has 0 bridgehead atoms. The average Bonchev–Trinajstić information content (AvgIpc) is 3.09. The highest BCUT2D eigenvalue weighted by atomic mass is 16.5. The first kappa shape index (κ1) is 16.2. The minimum atomic E-state index is 0.768. The van der Waals surface area contributed by atoms with Crippen molar-refractivity contribution in [3.63, 3.8) is 0 Å². The molecule has 1 aromatic carbocycles. The molecular weight excluding hydrogens is 312 g/mol. The van der Waals surface area contributed by atoms with E-state index < -0.39 is 0 Å². The maximum Gasteiger partial charge on any atom is 0.121 e. The number of fused-ring (bicyclic) bond motifs is 2. The molecule has 0 atom stereocenters. The Morgan fingerprint density at radius 1 is 1.16 bits per heavy atom. The SMILES string of the molecule is C=C1CCc2ccc(OCCCCN3CCc4[nH]ncc4C3)cc2N1. The molecule has 2 aliphatic heterocycles. The van der Waals surface area contributed by atoms with Crippen LogP contribution < -0.4 is 10.1 Å². The molecule has 2 aromatic rings. The number of nitrogens with one attached hydrogen (secondary N) is 2. The fourth-order valence-corrected chi connectivity index (χ4v) is 3.62. The molecule has 2 N–H and O–H groups in total. The predicted octanol–water partition coefficient (Wildman–Crippen LogP) is 3.50. The molecule has 3 heterocycles. The second-order valence-corrected chi connectivity index (χ2v) is 7.00. The number of unbranched alkanes of at least 4 members (excludes halogenated alkanes) is 1. The molecule has 2 aliphatic rings. The highest BCUT2D eigenvalue weighted by Gasteiger charge is 2.17. The maximum absolute atomic E-state index is 5.94. The van der Waals surface area contributed by atoms with E-state index >= 15 is 0 Å². The molecule has 0 radical (unpaired) electrons. The van der Waals surface area contributed by atoms with Crippen LogP contribution in [0.1, 0.15) is 36.1 Å². The van der Waals surface area contributed by atoms with Crippen LogP contribution >= 0.6 is 0 Å². The molecular formula is C20H26N4O. The lowest BCUT2D eigenvalue weighted by molar-refractivity contribution is 0.234. The summed E-state index contributed by atoms with van der Waals surface area (Å²) in [5.41, 5.74) is 6.25. The summed E-state index contributed by atoms with van der Waals surface area (Å²) in [6.45, 7) is 8.06. The molecule has 0 saturated heterocycles. The summed E-state index contributed by atoms with van der Waals surface area (Å²) in [6.07, 6.45) is 7.36. The third kappa shape index (κ3) is 3.87. The van der Waals surface area contributed by atoms with E-state index in [4.69, 9.17) is 4.74 Å². The van der Waals surface area contributed by atoms with Crippen LogP contribution in [0.3, 0.4) is 0 Å². The molecule has 0 fully saturated rings. The lowest BCUT2D eigenvalue weighted by Crippen LogP contribution is -2.31. The zero-order valence-corrected chi connectivity index (χ0v) is 14.7. The van der Waals surface area contributed by atoms with Crippen LogP contribution in [0.25, 0.3) is 0 Å². The zero-order chi connectivity index (χ0) is 17.1. The average molecular weight is 338 g/mol. The van der Waals surface area contributed by atoms with E-state index in [1.807, 2.05) is 6.20 Å². The van der Waals surface area contributed by atoms with Crippen LogP contribution in [0.5, 0.6) is 5.75 Å². The Balaban J connectivity index is 1.19. The van der Waals surface area contributed by atoms with E-state index in [-0.39, 0.29) is 0 Å². The molecule has 1 aromatic heterocycles. The normalized spacial score (nSPS) is 16.9. The number of ether oxygens (including phenoxy) is 1. The number of allylic oxidation sites excluding steroid dienone is 1. The number of anilines is 1. The van der Waals surface area contributed by atoms with Crippen LogP contribution in [0, 0.1) is 0 Å². The van der Waals surface area contributed by atoms with Crippen molar-refractivity contribution in [2.24, 2.45) is 0 Å². The number of rotatable bonds is 6. The predicted molar refractivity (Wildman–Crippen MR) is 99.8 cm³/mol. The van der Waals surface area contributed by atoms with Gasteiger partial charge in [-0.1, -0.05) is 12.6 Å². The number of aryl methyl sites for hydroxylation is 1. The van der Waals surface area contributed by atoms with Crippen molar-refractivity contribution >= 4 is 5.69 Å². The van der Waals surface area contributed by atoms with Crippen LogP contribution in [-0.2, 0) is 19.4 Å². The van der Waals surface area contributed by atoms with Gasteiger partial charge in [-0.25, -0.2) is 0 Å².